The highest BCUT2D eigenvalue weighted by Crippen LogP contribution is 2.34. The molecule has 0 aromatic heterocycles. The molecule has 2 nitrogen and oxygen atoms in total. The Morgan fingerprint density at radius 2 is 2.00 bits per heavy atom. The van der Waals surface area contributed by atoms with Gasteiger partial charge >= 0.3 is 0 Å². The predicted molar refractivity (Wildman–Crippen MR) is 83.5 cm³/mol. The second kappa shape index (κ2) is 7.64. The number of hydrogen-bond acceptors (Lipinski definition) is 2. The van der Waals surface area contributed by atoms with Gasteiger partial charge in [0.1, 0.15) is 0 Å². The highest BCUT2D eigenvalue weighted by Gasteiger charge is 2.28. The van der Waals surface area contributed by atoms with Crippen molar-refractivity contribution in [3.05, 3.63) is 0 Å². The first-order chi connectivity index (χ1) is 9.22. The smallest absolute Gasteiger partial charge is 0.00818 e. The maximum Gasteiger partial charge on any atom is 0.00818 e. The van der Waals surface area contributed by atoms with E-state index in [2.05, 4.69) is 31.0 Å². The molecule has 2 fully saturated rings. The molecule has 0 amide bonds. The van der Waals surface area contributed by atoms with Crippen LogP contribution in [-0.4, -0.2) is 36.6 Å². The molecule has 3 atom stereocenters. The van der Waals surface area contributed by atoms with Crippen molar-refractivity contribution in [1.82, 2.24) is 10.2 Å². The van der Waals surface area contributed by atoms with Gasteiger partial charge in [0, 0.05) is 18.6 Å². The zero-order valence-corrected chi connectivity index (χ0v) is 13.3. The second-order valence-electron chi connectivity index (χ2n) is 6.94. The molecule has 2 rings (SSSR count). The summed E-state index contributed by atoms with van der Waals surface area (Å²) >= 11 is 0. The van der Waals surface area contributed by atoms with E-state index < -0.39 is 0 Å². The first kappa shape index (κ1) is 15.3. The maximum absolute atomic E-state index is 3.94. The van der Waals surface area contributed by atoms with Gasteiger partial charge in [0.2, 0.25) is 0 Å². The minimum absolute atomic E-state index is 0.698. The van der Waals surface area contributed by atoms with Gasteiger partial charge < -0.3 is 10.2 Å². The fraction of sp³-hybridized carbons (Fsp3) is 1.00. The standard InChI is InChI=1S/C17H34N2/c1-4-10-19-11-6-7-16(13-19)14(3)18-17(5-2)12-15-8-9-15/h14-18H,4-13H2,1-3H3. The van der Waals surface area contributed by atoms with Crippen molar-refractivity contribution in [2.24, 2.45) is 11.8 Å². The third-order valence-electron chi connectivity index (χ3n) is 5.10. The van der Waals surface area contributed by atoms with Crippen LogP contribution in [-0.2, 0) is 0 Å². The highest BCUT2D eigenvalue weighted by atomic mass is 15.1. The molecule has 2 aliphatic rings. The van der Waals surface area contributed by atoms with Crippen LogP contribution in [0.15, 0.2) is 0 Å². The minimum Gasteiger partial charge on any atom is -0.311 e. The normalized spacial score (nSPS) is 28.3. The van der Waals surface area contributed by atoms with E-state index >= 15 is 0 Å². The second-order valence-corrected chi connectivity index (χ2v) is 6.94. The van der Waals surface area contributed by atoms with Crippen molar-refractivity contribution in [1.29, 1.82) is 0 Å². The van der Waals surface area contributed by atoms with Crippen LogP contribution >= 0.6 is 0 Å². The van der Waals surface area contributed by atoms with Gasteiger partial charge in [-0.1, -0.05) is 26.7 Å². The predicted octanol–water partition coefficient (Wildman–Crippen LogP) is 3.67. The van der Waals surface area contributed by atoms with E-state index in [0.717, 1.165) is 17.9 Å². The molecule has 1 saturated heterocycles. The van der Waals surface area contributed by atoms with E-state index in [-0.39, 0.29) is 0 Å². The van der Waals surface area contributed by atoms with Crippen molar-refractivity contribution in [3.8, 4) is 0 Å². The van der Waals surface area contributed by atoms with Gasteiger partial charge in [-0.2, -0.15) is 0 Å². The van der Waals surface area contributed by atoms with E-state index in [1.165, 1.54) is 64.6 Å². The monoisotopic (exact) mass is 266 g/mol. The molecule has 0 aromatic carbocycles. The molecule has 0 bridgehead atoms. The summed E-state index contributed by atoms with van der Waals surface area (Å²) in [5, 5.41) is 3.94. The highest BCUT2D eigenvalue weighted by molar-refractivity contribution is 4.85. The largest absolute Gasteiger partial charge is 0.311 e. The van der Waals surface area contributed by atoms with E-state index in [1.54, 1.807) is 0 Å². The topological polar surface area (TPSA) is 15.3 Å². The van der Waals surface area contributed by atoms with Crippen molar-refractivity contribution in [2.75, 3.05) is 19.6 Å². The lowest BCUT2D eigenvalue weighted by Gasteiger charge is -2.37. The lowest BCUT2D eigenvalue weighted by Crippen LogP contribution is -2.47. The molecule has 2 heteroatoms. The van der Waals surface area contributed by atoms with Crippen LogP contribution < -0.4 is 5.32 Å². The number of nitrogens with one attached hydrogen (secondary N) is 1. The molecule has 1 aliphatic heterocycles. The van der Waals surface area contributed by atoms with Crippen LogP contribution in [0.2, 0.25) is 0 Å². The van der Waals surface area contributed by atoms with Crippen molar-refractivity contribution < 1.29 is 0 Å². The molecule has 0 radical (unpaired) electrons. The first-order valence-electron chi connectivity index (χ1n) is 8.71. The van der Waals surface area contributed by atoms with Crippen LogP contribution in [0.4, 0.5) is 0 Å². The summed E-state index contributed by atoms with van der Waals surface area (Å²) in [6.07, 6.45) is 9.82. The quantitative estimate of drug-likeness (QED) is 0.721. The van der Waals surface area contributed by atoms with E-state index in [9.17, 15) is 0 Å². The molecule has 19 heavy (non-hydrogen) atoms. The molecule has 1 heterocycles. The summed E-state index contributed by atoms with van der Waals surface area (Å²) < 4.78 is 0. The lowest BCUT2D eigenvalue weighted by molar-refractivity contribution is 0.145. The molecule has 1 aliphatic carbocycles. The van der Waals surface area contributed by atoms with Gasteiger partial charge in [0.15, 0.2) is 0 Å². The molecule has 112 valence electrons. The summed E-state index contributed by atoms with van der Waals surface area (Å²) in [6, 6.07) is 1.47. The Hall–Kier alpha value is -0.0800. The minimum atomic E-state index is 0.698. The van der Waals surface area contributed by atoms with Crippen LogP contribution in [0.3, 0.4) is 0 Å². The summed E-state index contributed by atoms with van der Waals surface area (Å²) in [4.78, 5) is 2.67. The Kier molecular flexibility index (Phi) is 6.15. The van der Waals surface area contributed by atoms with Gasteiger partial charge in [-0.25, -0.2) is 0 Å². The molecular formula is C17H34N2. The summed E-state index contributed by atoms with van der Waals surface area (Å²) in [6.45, 7) is 11.0. The maximum atomic E-state index is 3.94. The Morgan fingerprint density at radius 1 is 1.21 bits per heavy atom. The lowest BCUT2D eigenvalue weighted by atomic mass is 9.90. The summed E-state index contributed by atoms with van der Waals surface area (Å²) in [7, 11) is 0. The first-order valence-corrected chi connectivity index (χ1v) is 8.71. The zero-order chi connectivity index (χ0) is 13.7. The van der Waals surface area contributed by atoms with Crippen molar-refractivity contribution in [3.63, 3.8) is 0 Å². The van der Waals surface area contributed by atoms with E-state index in [4.69, 9.17) is 0 Å². The van der Waals surface area contributed by atoms with Gasteiger partial charge in [-0.3, -0.25) is 0 Å². The Bertz CT molecular complexity index is 248. The molecule has 1 saturated carbocycles. The molecular weight excluding hydrogens is 232 g/mol. The average Bonchev–Trinajstić information content (AvgIpc) is 3.22. The average molecular weight is 266 g/mol. The number of nitrogens with zero attached hydrogens (tertiary/aromatic N) is 1. The van der Waals surface area contributed by atoms with Crippen LogP contribution in [0.25, 0.3) is 0 Å². The number of rotatable bonds is 8. The van der Waals surface area contributed by atoms with Crippen LogP contribution in [0, 0.1) is 11.8 Å². The van der Waals surface area contributed by atoms with Gasteiger partial charge in [0.25, 0.3) is 0 Å². The number of piperidine rings is 1. The molecule has 0 spiro atoms. The number of hydrogen-bond donors (Lipinski definition) is 1. The van der Waals surface area contributed by atoms with Gasteiger partial charge in [-0.05, 0) is 64.0 Å². The Labute approximate surface area is 120 Å². The third kappa shape index (κ3) is 5.07. The van der Waals surface area contributed by atoms with E-state index in [0.29, 0.717) is 6.04 Å². The summed E-state index contributed by atoms with van der Waals surface area (Å²) in [5.74, 6) is 1.92. The Balaban J connectivity index is 1.75. The zero-order valence-electron chi connectivity index (χ0n) is 13.3. The van der Waals surface area contributed by atoms with E-state index in [1.807, 2.05) is 0 Å². The fourth-order valence-corrected chi connectivity index (χ4v) is 3.64. The van der Waals surface area contributed by atoms with Gasteiger partial charge in [0.05, 0.1) is 0 Å². The third-order valence-corrected chi connectivity index (χ3v) is 5.10. The number of likely N-dealkylation sites (tertiary alicyclic amines) is 1. The Morgan fingerprint density at radius 3 is 2.63 bits per heavy atom. The van der Waals surface area contributed by atoms with Gasteiger partial charge in [-0.15, -0.1) is 0 Å². The summed E-state index contributed by atoms with van der Waals surface area (Å²) in [5.41, 5.74) is 0. The van der Waals surface area contributed by atoms with Crippen LogP contribution in [0.1, 0.15) is 65.7 Å². The molecule has 0 aromatic rings. The molecule has 3 unspecified atom stereocenters. The SMILES string of the molecule is CCCN1CCCC(C(C)NC(CC)CC2CC2)C1. The van der Waals surface area contributed by atoms with Crippen LogP contribution in [0.5, 0.6) is 0 Å². The molecule has 1 N–H and O–H groups in total. The van der Waals surface area contributed by atoms with Crippen molar-refractivity contribution >= 4 is 0 Å². The fourth-order valence-electron chi connectivity index (χ4n) is 3.64. The van der Waals surface area contributed by atoms with Crippen molar-refractivity contribution in [2.45, 2.75) is 77.8 Å².